The molecule has 1 amide bonds. The summed E-state index contributed by atoms with van der Waals surface area (Å²) in [7, 11) is -2.02. The first-order chi connectivity index (χ1) is 15.0. The van der Waals surface area contributed by atoms with E-state index < -0.39 is 14.1 Å². The van der Waals surface area contributed by atoms with Gasteiger partial charge in [0.25, 0.3) is 5.91 Å². The maximum Gasteiger partial charge on any atom is 0.257 e. The molecule has 1 aliphatic carbocycles. The number of hydrogen-bond acceptors (Lipinski definition) is 4. The molecule has 2 aromatic heterocycles. The highest BCUT2D eigenvalue weighted by atomic mass is 35.5. The van der Waals surface area contributed by atoms with Gasteiger partial charge in [-0.05, 0) is 61.2 Å². The molecule has 6 nitrogen and oxygen atoms in total. The second kappa shape index (κ2) is 8.24. The Labute approximate surface area is 193 Å². The van der Waals surface area contributed by atoms with Crippen LogP contribution in [0.3, 0.4) is 0 Å². The fourth-order valence-corrected chi connectivity index (χ4v) is 4.77. The predicted octanol–water partition coefficient (Wildman–Crippen LogP) is 6.48. The van der Waals surface area contributed by atoms with Crippen LogP contribution in [0, 0.1) is 11.7 Å². The lowest BCUT2D eigenvalue weighted by atomic mass is 10.2. The Hall–Kier alpha value is -2.29. The fourth-order valence-electron chi connectivity index (χ4n) is 3.29. The summed E-state index contributed by atoms with van der Waals surface area (Å²) >= 11 is 5.83. The Morgan fingerprint density at radius 2 is 2.03 bits per heavy atom. The molecule has 1 unspecified atom stereocenters. The van der Waals surface area contributed by atoms with Crippen molar-refractivity contribution in [1.82, 2.24) is 15.0 Å². The number of amides is 1. The maximum atomic E-state index is 13.4. The monoisotopic (exact) mass is 474 g/mol. The Balaban J connectivity index is 1.65. The third-order valence-electron chi connectivity index (χ3n) is 6.38. The van der Waals surface area contributed by atoms with Crippen molar-refractivity contribution in [3.63, 3.8) is 0 Å². The zero-order valence-electron chi connectivity index (χ0n) is 18.9. The molecular formula is C23H28ClFN4O2Si. The van der Waals surface area contributed by atoms with Crippen LogP contribution in [-0.2, 0) is 4.43 Å². The molecule has 0 saturated heterocycles. The summed E-state index contributed by atoms with van der Waals surface area (Å²) in [5.74, 6) is 0.235. The van der Waals surface area contributed by atoms with Crippen LogP contribution in [0.15, 0.2) is 30.5 Å². The molecule has 0 radical (unpaired) electrons. The normalized spacial score (nSPS) is 15.7. The lowest BCUT2D eigenvalue weighted by Gasteiger charge is -2.39. The van der Waals surface area contributed by atoms with Gasteiger partial charge in [-0.25, -0.2) is 14.4 Å². The number of fused-ring (bicyclic) bond motifs is 1. The van der Waals surface area contributed by atoms with Gasteiger partial charge >= 0.3 is 0 Å². The number of H-pyrrole nitrogens is 1. The van der Waals surface area contributed by atoms with E-state index in [1.165, 1.54) is 18.2 Å². The van der Waals surface area contributed by atoms with Crippen LogP contribution in [0.1, 0.15) is 55.9 Å². The largest absolute Gasteiger partial charge is 0.406 e. The van der Waals surface area contributed by atoms with Gasteiger partial charge in [-0.15, -0.1) is 0 Å². The van der Waals surface area contributed by atoms with Gasteiger partial charge in [0.05, 0.1) is 16.1 Å². The maximum absolute atomic E-state index is 13.4. The molecule has 1 aliphatic rings. The van der Waals surface area contributed by atoms with Gasteiger partial charge in [0.1, 0.15) is 17.7 Å². The zero-order valence-corrected chi connectivity index (χ0v) is 20.7. The first-order valence-electron chi connectivity index (χ1n) is 10.7. The van der Waals surface area contributed by atoms with Crippen molar-refractivity contribution in [1.29, 1.82) is 0 Å². The lowest BCUT2D eigenvalue weighted by molar-refractivity contribution is 0.102. The third-order valence-corrected chi connectivity index (χ3v) is 11.1. The molecule has 1 atom stereocenters. The first kappa shape index (κ1) is 22.9. The molecule has 0 spiro atoms. The van der Waals surface area contributed by atoms with Crippen LogP contribution in [0.4, 0.5) is 10.1 Å². The Kier molecular flexibility index (Phi) is 5.89. The van der Waals surface area contributed by atoms with Crippen LogP contribution < -0.4 is 5.32 Å². The summed E-state index contributed by atoms with van der Waals surface area (Å²) in [6.45, 7) is 11.1. The first-order valence-corrected chi connectivity index (χ1v) is 14.0. The minimum Gasteiger partial charge on any atom is -0.406 e. The number of carbonyl (C=O) groups excluding carboxylic acids is 1. The van der Waals surface area contributed by atoms with E-state index in [0.29, 0.717) is 34.2 Å². The van der Waals surface area contributed by atoms with E-state index >= 15 is 0 Å². The molecule has 2 N–H and O–H groups in total. The zero-order chi connectivity index (χ0) is 23.3. The number of aromatic nitrogens is 3. The number of pyridine rings is 1. The standard InChI is InChI=1S/C23H28ClFN4O2Si/c1-23(2,3)32(4,5)31-19(13-6-7-13)21-28-18-15(10-11-26-20(18)29-21)22(30)27-14-8-9-17(25)16(24)12-14/h8-13,19H,6-7H2,1-5H3,(H,27,30)(H,26,28,29). The van der Waals surface area contributed by atoms with Crippen molar-refractivity contribution in [2.45, 2.75) is 57.8 Å². The molecule has 9 heteroatoms. The quantitative estimate of drug-likeness (QED) is 0.401. The molecule has 0 bridgehead atoms. The third kappa shape index (κ3) is 4.58. The van der Waals surface area contributed by atoms with Gasteiger partial charge in [-0.3, -0.25) is 4.79 Å². The number of benzene rings is 1. The molecule has 1 fully saturated rings. The van der Waals surface area contributed by atoms with E-state index in [1.807, 2.05) is 0 Å². The number of nitrogens with zero attached hydrogens (tertiary/aromatic N) is 2. The smallest absolute Gasteiger partial charge is 0.257 e. The Bertz CT molecular complexity index is 1170. The number of nitrogens with one attached hydrogen (secondary N) is 2. The van der Waals surface area contributed by atoms with E-state index in [-0.39, 0.29) is 22.1 Å². The van der Waals surface area contributed by atoms with Crippen LogP contribution in [0.25, 0.3) is 11.2 Å². The summed E-state index contributed by atoms with van der Waals surface area (Å²) < 4.78 is 20.2. The number of rotatable bonds is 6. The molecule has 4 rings (SSSR count). The van der Waals surface area contributed by atoms with Gasteiger partial charge in [0, 0.05) is 11.9 Å². The van der Waals surface area contributed by atoms with Crippen molar-refractivity contribution in [3.05, 3.63) is 52.7 Å². The Morgan fingerprint density at radius 1 is 1.31 bits per heavy atom. The second-order valence-corrected chi connectivity index (χ2v) is 15.1. The van der Waals surface area contributed by atoms with Gasteiger partial charge in [0.15, 0.2) is 14.0 Å². The number of halogens is 2. The molecule has 0 aliphatic heterocycles. The van der Waals surface area contributed by atoms with Crippen molar-refractivity contribution < 1.29 is 13.6 Å². The SMILES string of the molecule is CC(C)(C)[Si](C)(C)OC(c1nc2nccc(C(=O)Nc3ccc(F)c(Cl)c3)c2[nH]1)C1CC1. The van der Waals surface area contributed by atoms with Gasteiger partial charge in [0.2, 0.25) is 0 Å². The summed E-state index contributed by atoms with van der Waals surface area (Å²) in [5, 5.41) is 2.78. The average Bonchev–Trinajstić information content (AvgIpc) is 3.45. The summed E-state index contributed by atoms with van der Waals surface area (Å²) in [4.78, 5) is 25.3. The second-order valence-electron chi connectivity index (χ2n) is 9.90. The average molecular weight is 475 g/mol. The number of hydrogen-bond donors (Lipinski definition) is 2. The predicted molar refractivity (Wildman–Crippen MR) is 127 cm³/mol. The van der Waals surface area contributed by atoms with E-state index in [9.17, 15) is 9.18 Å². The lowest BCUT2D eigenvalue weighted by Crippen LogP contribution is -2.42. The van der Waals surface area contributed by atoms with E-state index in [2.05, 4.69) is 49.1 Å². The molecule has 1 saturated carbocycles. The molecule has 2 heterocycles. The highest BCUT2D eigenvalue weighted by molar-refractivity contribution is 6.74. The number of anilines is 1. The van der Waals surface area contributed by atoms with Gasteiger partial charge < -0.3 is 14.7 Å². The highest BCUT2D eigenvalue weighted by Gasteiger charge is 2.44. The number of carbonyl (C=O) groups is 1. The molecule has 1 aromatic carbocycles. The molecular weight excluding hydrogens is 447 g/mol. The van der Waals surface area contributed by atoms with Gasteiger partial charge in [-0.2, -0.15) is 0 Å². The van der Waals surface area contributed by atoms with Crippen LogP contribution in [0.2, 0.25) is 23.2 Å². The highest BCUT2D eigenvalue weighted by Crippen LogP contribution is 2.48. The van der Waals surface area contributed by atoms with Crippen LogP contribution >= 0.6 is 11.6 Å². The van der Waals surface area contributed by atoms with Crippen molar-refractivity contribution in [3.8, 4) is 0 Å². The van der Waals surface area contributed by atoms with Crippen LogP contribution in [0.5, 0.6) is 0 Å². The minimum absolute atomic E-state index is 0.0541. The summed E-state index contributed by atoms with van der Waals surface area (Å²) in [6, 6.07) is 5.69. The molecule has 32 heavy (non-hydrogen) atoms. The van der Waals surface area contributed by atoms with Crippen molar-refractivity contribution in [2.24, 2.45) is 5.92 Å². The summed E-state index contributed by atoms with van der Waals surface area (Å²) in [6.07, 6.45) is 3.61. The van der Waals surface area contributed by atoms with E-state index in [0.717, 1.165) is 12.8 Å². The van der Waals surface area contributed by atoms with Gasteiger partial charge in [-0.1, -0.05) is 32.4 Å². The minimum atomic E-state index is -2.02. The number of imidazole rings is 1. The molecule has 3 aromatic rings. The van der Waals surface area contributed by atoms with E-state index in [1.54, 1.807) is 12.3 Å². The molecule has 170 valence electrons. The fraction of sp³-hybridized carbons (Fsp3) is 0.435. The van der Waals surface area contributed by atoms with Crippen LogP contribution in [-0.4, -0.2) is 29.2 Å². The topological polar surface area (TPSA) is 79.9 Å². The summed E-state index contributed by atoms with van der Waals surface area (Å²) in [5.41, 5.74) is 1.83. The van der Waals surface area contributed by atoms with Crippen molar-refractivity contribution in [2.75, 3.05) is 5.32 Å². The Morgan fingerprint density at radius 3 is 2.66 bits per heavy atom. The van der Waals surface area contributed by atoms with E-state index in [4.69, 9.17) is 21.0 Å². The number of aromatic amines is 1. The van der Waals surface area contributed by atoms with Crippen molar-refractivity contribution >= 4 is 42.7 Å².